The molecule has 3 N–H and O–H groups in total. The van der Waals surface area contributed by atoms with E-state index in [2.05, 4.69) is 47.4 Å². The molecule has 254 valence electrons. The minimum absolute atomic E-state index is 0.122. The Labute approximate surface area is 286 Å². The van der Waals surface area contributed by atoms with Crippen molar-refractivity contribution in [2.75, 3.05) is 0 Å². The van der Waals surface area contributed by atoms with Crippen LogP contribution in [-0.4, -0.2) is 38.0 Å². The molecule has 2 aromatic carbocycles. The largest absolute Gasteiger partial charge is 0.443 e. The smallest absolute Gasteiger partial charge is 0.426 e. The molecule has 0 spiro atoms. The van der Waals surface area contributed by atoms with Crippen molar-refractivity contribution >= 4 is 40.1 Å². The van der Waals surface area contributed by atoms with Gasteiger partial charge in [-0.25, -0.2) is 15.2 Å². The van der Waals surface area contributed by atoms with Crippen molar-refractivity contribution < 1.29 is 19.1 Å². The van der Waals surface area contributed by atoms with Gasteiger partial charge in [0.15, 0.2) is 0 Å². The molecule has 0 saturated heterocycles. The van der Waals surface area contributed by atoms with E-state index in [-0.39, 0.29) is 11.8 Å². The zero-order valence-electron chi connectivity index (χ0n) is 28.9. The third-order valence-corrected chi connectivity index (χ3v) is 10.3. The summed E-state index contributed by atoms with van der Waals surface area (Å²) >= 11 is 0. The molecule has 2 fully saturated rings. The molecule has 10 nitrogen and oxygen atoms in total. The van der Waals surface area contributed by atoms with Gasteiger partial charge in [-0.3, -0.25) is 20.0 Å². The number of benzene rings is 2. The summed E-state index contributed by atoms with van der Waals surface area (Å²) in [7, 11) is 1.91. The highest BCUT2D eigenvalue weighted by molar-refractivity contribution is 6.02. The molecular weight excluding hydrogens is 616 g/mol. The van der Waals surface area contributed by atoms with Crippen LogP contribution >= 0.6 is 0 Å². The van der Waals surface area contributed by atoms with Crippen molar-refractivity contribution in [3.8, 4) is 0 Å². The van der Waals surface area contributed by atoms with Crippen LogP contribution in [0.1, 0.15) is 122 Å². The highest BCUT2D eigenvalue weighted by Gasteiger charge is 2.44. The maximum absolute atomic E-state index is 14.0. The van der Waals surface area contributed by atoms with Crippen LogP contribution in [0.5, 0.6) is 0 Å². The van der Waals surface area contributed by atoms with Gasteiger partial charge in [0, 0.05) is 30.3 Å². The van der Waals surface area contributed by atoms with Gasteiger partial charge in [0.1, 0.15) is 11.4 Å². The van der Waals surface area contributed by atoms with Crippen LogP contribution in [0.25, 0.3) is 22.2 Å². The fourth-order valence-electron chi connectivity index (χ4n) is 7.84. The van der Waals surface area contributed by atoms with Crippen molar-refractivity contribution in [3.63, 3.8) is 0 Å². The summed E-state index contributed by atoms with van der Waals surface area (Å²) in [5.41, 5.74) is 12.0. The molecular formula is C39H44N6O4. The number of ether oxygens (including phenoxy) is 1. The van der Waals surface area contributed by atoms with Crippen molar-refractivity contribution in [1.29, 1.82) is 0 Å². The van der Waals surface area contributed by atoms with Crippen molar-refractivity contribution in [1.82, 2.24) is 30.7 Å². The number of pyridine rings is 1. The first-order chi connectivity index (χ1) is 23.4. The Hall–Kier alpha value is -4.99. The Balaban J connectivity index is 1.12. The number of carbonyl (C=O) groups excluding carboxylic acids is 3. The molecule has 0 bridgehead atoms. The number of nitrogens with one attached hydrogen (secondary N) is 3. The third kappa shape index (κ3) is 6.09. The average Bonchev–Trinajstić information content (AvgIpc) is 3.78. The van der Waals surface area contributed by atoms with E-state index in [4.69, 9.17) is 14.7 Å². The molecule has 3 aliphatic carbocycles. The second-order valence-electron chi connectivity index (χ2n) is 14.7. The first kappa shape index (κ1) is 32.6. The number of hydrogen-bond donors (Lipinski definition) is 3. The first-order valence-electron chi connectivity index (χ1n) is 17.3. The molecule has 0 aliphatic heterocycles. The zero-order chi connectivity index (χ0) is 34.5. The van der Waals surface area contributed by atoms with Gasteiger partial charge in [0.2, 0.25) is 0 Å². The highest BCUT2D eigenvalue weighted by atomic mass is 16.6. The Bertz CT molecular complexity index is 1980. The summed E-state index contributed by atoms with van der Waals surface area (Å²) in [6.07, 6.45) is 8.49. The quantitative estimate of drug-likeness (QED) is 0.188. The lowest BCUT2D eigenvalue weighted by atomic mass is 9.75. The molecule has 2 aromatic heterocycles. The standard InChI is InChI=1S/C39H44N6O4/c1-23-28-21-25(14-16-27(28)33(24-11-6-7-12-24)32(23)30-13-8-9-20-40-30)34(46)42-39(18-10-19-39)36-41-29-17-15-26(22-31(29)45(36)5)35(47)43-44-37(48)49-38(2,3)4/h8-9,13-17,20-24H,6-7,10-12,18-19H2,1-5H3,(H,42,46)(H,43,47)(H,44,48). The summed E-state index contributed by atoms with van der Waals surface area (Å²) < 4.78 is 7.15. The molecule has 0 radical (unpaired) electrons. The molecule has 1 unspecified atom stereocenters. The lowest BCUT2D eigenvalue weighted by Gasteiger charge is -2.41. The highest BCUT2D eigenvalue weighted by Crippen LogP contribution is 2.52. The Morgan fingerprint density at radius 2 is 1.63 bits per heavy atom. The topological polar surface area (TPSA) is 127 Å². The normalized spacial score (nSPS) is 18.6. The summed E-state index contributed by atoms with van der Waals surface area (Å²) in [4.78, 5) is 48.6. The number of rotatable bonds is 6. The third-order valence-electron chi connectivity index (χ3n) is 10.3. The molecule has 4 aromatic rings. The van der Waals surface area contributed by atoms with E-state index in [0.717, 1.165) is 36.3 Å². The van der Waals surface area contributed by atoms with Gasteiger partial charge in [-0.05, 0) is 124 Å². The Morgan fingerprint density at radius 3 is 2.31 bits per heavy atom. The minimum atomic E-state index is -0.746. The SMILES string of the molecule is CC1C(c2ccccn2)=C(C2CCCC2)c2ccc(C(=O)NC3(c4nc5ccc(C(=O)NNC(=O)OC(C)(C)C)cc5n4C)CCC3)cc21. The number of hydrogen-bond acceptors (Lipinski definition) is 6. The molecule has 7 rings (SSSR count). The van der Waals surface area contributed by atoms with E-state index in [9.17, 15) is 14.4 Å². The summed E-state index contributed by atoms with van der Waals surface area (Å²) in [5, 5.41) is 3.38. The van der Waals surface area contributed by atoms with Crippen LogP contribution in [0.3, 0.4) is 0 Å². The lowest BCUT2D eigenvalue weighted by molar-refractivity contribution is 0.0483. The van der Waals surface area contributed by atoms with Crippen LogP contribution < -0.4 is 16.2 Å². The van der Waals surface area contributed by atoms with Crippen molar-refractivity contribution in [2.45, 2.75) is 89.7 Å². The zero-order valence-corrected chi connectivity index (χ0v) is 28.9. The number of hydrazine groups is 1. The van der Waals surface area contributed by atoms with Gasteiger partial charge in [0.25, 0.3) is 11.8 Å². The fraction of sp³-hybridized carbons (Fsp3) is 0.410. The molecule has 3 aliphatic rings. The second kappa shape index (κ2) is 12.5. The summed E-state index contributed by atoms with van der Waals surface area (Å²) in [6.45, 7) is 7.47. The maximum Gasteiger partial charge on any atom is 0.426 e. The number of aromatic nitrogens is 3. The van der Waals surface area contributed by atoms with Gasteiger partial charge in [-0.2, -0.15) is 0 Å². The number of imidazole rings is 1. The number of fused-ring (bicyclic) bond motifs is 2. The molecule has 2 saturated carbocycles. The number of allylic oxidation sites excluding steroid dienone is 2. The van der Waals surface area contributed by atoms with Gasteiger partial charge in [0.05, 0.1) is 22.3 Å². The minimum Gasteiger partial charge on any atom is -0.443 e. The van der Waals surface area contributed by atoms with E-state index >= 15 is 0 Å². The average molecular weight is 661 g/mol. The second-order valence-corrected chi connectivity index (χ2v) is 14.7. The predicted molar refractivity (Wildman–Crippen MR) is 188 cm³/mol. The number of nitrogens with zero attached hydrogens (tertiary/aromatic N) is 3. The van der Waals surface area contributed by atoms with Gasteiger partial charge in [-0.15, -0.1) is 0 Å². The number of aryl methyl sites for hydroxylation is 1. The Morgan fingerprint density at radius 1 is 0.898 bits per heavy atom. The van der Waals surface area contributed by atoms with Crippen LogP contribution in [0.4, 0.5) is 4.79 Å². The molecule has 1 atom stereocenters. The van der Waals surface area contributed by atoms with Crippen LogP contribution in [0.2, 0.25) is 0 Å². The van der Waals surface area contributed by atoms with Gasteiger partial charge in [-0.1, -0.05) is 31.9 Å². The van der Waals surface area contributed by atoms with Crippen LogP contribution in [-0.2, 0) is 17.3 Å². The number of amides is 3. The Kier molecular flexibility index (Phi) is 8.29. The van der Waals surface area contributed by atoms with E-state index in [0.29, 0.717) is 22.6 Å². The monoisotopic (exact) mass is 660 g/mol. The maximum atomic E-state index is 14.0. The fourth-order valence-corrected chi connectivity index (χ4v) is 7.84. The van der Waals surface area contributed by atoms with Crippen molar-refractivity contribution in [2.24, 2.45) is 13.0 Å². The van der Waals surface area contributed by atoms with Gasteiger partial charge < -0.3 is 14.6 Å². The van der Waals surface area contributed by atoms with E-state index in [1.54, 1.807) is 39.0 Å². The predicted octanol–water partition coefficient (Wildman–Crippen LogP) is 7.17. The number of carbonyl (C=O) groups is 3. The van der Waals surface area contributed by atoms with Crippen molar-refractivity contribution in [3.05, 3.63) is 94.6 Å². The molecule has 10 heteroatoms. The summed E-state index contributed by atoms with van der Waals surface area (Å²) in [6, 6.07) is 17.5. The van der Waals surface area contributed by atoms with Crippen LogP contribution in [0.15, 0.2) is 60.8 Å². The first-order valence-corrected chi connectivity index (χ1v) is 17.3. The van der Waals surface area contributed by atoms with E-state index in [1.165, 1.54) is 48.0 Å². The lowest BCUT2D eigenvalue weighted by Crippen LogP contribution is -2.52. The molecule has 3 amide bonds. The molecule has 49 heavy (non-hydrogen) atoms. The van der Waals surface area contributed by atoms with E-state index < -0.39 is 23.1 Å². The van der Waals surface area contributed by atoms with Gasteiger partial charge >= 0.3 is 6.09 Å². The molecule has 2 heterocycles. The van der Waals surface area contributed by atoms with Crippen LogP contribution in [0, 0.1) is 5.92 Å². The van der Waals surface area contributed by atoms with E-state index in [1.807, 2.05) is 29.9 Å². The summed E-state index contributed by atoms with van der Waals surface area (Å²) in [5.74, 6) is 0.803.